The number of nitrogens with zero attached hydrogens (tertiary/aromatic N) is 4. The lowest BCUT2D eigenvalue weighted by molar-refractivity contribution is -0.143. The molecule has 1 fully saturated rings. The Hall–Kier alpha value is -2.76. The Morgan fingerprint density at radius 1 is 1.26 bits per heavy atom. The summed E-state index contributed by atoms with van der Waals surface area (Å²) in [5.74, 6) is -0.903. The standard InChI is InChI=1S/C20H20F3N5O2S/c1-13-4-2-3-5-16(13)28-17(20(21,22)23)15(10-24-28)18(29)26-19-25-14(12-31-19)11-27-6-8-30-9-7-27/h2-5,10,12H,6-9,11H2,1H3,(H,25,26,29). The molecule has 1 amide bonds. The minimum atomic E-state index is -4.77. The average Bonchev–Trinajstić information content (AvgIpc) is 3.36. The van der Waals surface area contributed by atoms with Gasteiger partial charge in [0.05, 0.1) is 36.4 Å². The van der Waals surface area contributed by atoms with Crippen molar-refractivity contribution in [2.24, 2.45) is 0 Å². The van der Waals surface area contributed by atoms with E-state index in [9.17, 15) is 18.0 Å². The zero-order chi connectivity index (χ0) is 22.0. The normalized spacial score (nSPS) is 15.2. The number of carbonyl (C=O) groups excluding carboxylic acids is 1. The number of benzene rings is 1. The van der Waals surface area contributed by atoms with Crippen molar-refractivity contribution in [2.45, 2.75) is 19.6 Å². The molecule has 1 N–H and O–H groups in total. The van der Waals surface area contributed by atoms with Crippen LogP contribution in [-0.4, -0.2) is 51.9 Å². The number of para-hydroxylation sites is 1. The van der Waals surface area contributed by atoms with Crippen molar-refractivity contribution in [1.82, 2.24) is 19.7 Å². The van der Waals surface area contributed by atoms with Gasteiger partial charge in [0.1, 0.15) is 0 Å². The van der Waals surface area contributed by atoms with Crippen LogP contribution in [0.25, 0.3) is 5.69 Å². The minimum Gasteiger partial charge on any atom is -0.379 e. The number of anilines is 1. The smallest absolute Gasteiger partial charge is 0.379 e. The van der Waals surface area contributed by atoms with Crippen molar-refractivity contribution >= 4 is 22.4 Å². The molecule has 4 rings (SSSR count). The largest absolute Gasteiger partial charge is 0.434 e. The first-order valence-electron chi connectivity index (χ1n) is 9.60. The first kappa shape index (κ1) is 21.5. The second-order valence-corrected chi connectivity index (χ2v) is 7.95. The van der Waals surface area contributed by atoms with Crippen molar-refractivity contribution in [3.8, 4) is 5.69 Å². The first-order chi connectivity index (χ1) is 14.8. The fourth-order valence-electron chi connectivity index (χ4n) is 3.36. The third-order valence-electron chi connectivity index (χ3n) is 4.89. The number of hydrogen-bond acceptors (Lipinski definition) is 6. The summed E-state index contributed by atoms with van der Waals surface area (Å²) in [5, 5.41) is 8.36. The number of ether oxygens (including phenoxy) is 1. The fourth-order valence-corrected chi connectivity index (χ4v) is 4.06. The van der Waals surface area contributed by atoms with Crippen molar-refractivity contribution < 1.29 is 22.7 Å². The van der Waals surface area contributed by atoms with Crippen LogP contribution in [0.15, 0.2) is 35.8 Å². The van der Waals surface area contributed by atoms with Gasteiger partial charge in [0.25, 0.3) is 5.91 Å². The van der Waals surface area contributed by atoms with Gasteiger partial charge in [-0.25, -0.2) is 9.67 Å². The summed E-state index contributed by atoms with van der Waals surface area (Å²) in [5.41, 5.74) is -0.0643. The van der Waals surface area contributed by atoms with Crippen molar-refractivity contribution in [3.63, 3.8) is 0 Å². The molecule has 0 bridgehead atoms. The van der Waals surface area contributed by atoms with Crippen LogP contribution in [0.2, 0.25) is 0 Å². The predicted octanol–water partition coefficient (Wildman–Crippen LogP) is 3.74. The lowest BCUT2D eigenvalue weighted by Gasteiger charge is -2.25. The molecule has 2 aromatic heterocycles. The summed E-state index contributed by atoms with van der Waals surface area (Å²) >= 11 is 1.17. The summed E-state index contributed by atoms with van der Waals surface area (Å²) in [4.78, 5) is 19.2. The van der Waals surface area contributed by atoms with Gasteiger partial charge in [-0.3, -0.25) is 15.0 Å². The number of hydrogen-bond donors (Lipinski definition) is 1. The number of aryl methyl sites for hydroxylation is 1. The van der Waals surface area contributed by atoms with Crippen LogP contribution < -0.4 is 5.32 Å². The fraction of sp³-hybridized carbons (Fsp3) is 0.350. The maximum Gasteiger partial charge on any atom is 0.434 e. The van der Waals surface area contributed by atoms with Gasteiger partial charge in [0.2, 0.25) is 0 Å². The van der Waals surface area contributed by atoms with Crippen LogP contribution in [0.5, 0.6) is 0 Å². The number of halogens is 3. The van der Waals surface area contributed by atoms with E-state index in [-0.39, 0.29) is 10.8 Å². The molecule has 11 heteroatoms. The summed E-state index contributed by atoms with van der Waals surface area (Å²) < 4.78 is 47.6. The lowest BCUT2D eigenvalue weighted by atomic mass is 10.2. The molecular weight excluding hydrogens is 431 g/mol. The topological polar surface area (TPSA) is 72.3 Å². The SMILES string of the molecule is Cc1ccccc1-n1ncc(C(=O)Nc2nc(CN3CCOCC3)cs2)c1C(F)(F)F. The summed E-state index contributed by atoms with van der Waals surface area (Å²) in [6.45, 7) is 5.15. The van der Waals surface area contributed by atoms with Gasteiger partial charge in [-0.05, 0) is 18.6 Å². The second kappa shape index (κ2) is 8.77. The number of aromatic nitrogens is 3. The van der Waals surface area contributed by atoms with E-state index in [0.717, 1.165) is 29.7 Å². The third-order valence-corrected chi connectivity index (χ3v) is 5.69. The lowest BCUT2D eigenvalue weighted by Crippen LogP contribution is -2.35. The molecule has 7 nitrogen and oxygen atoms in total. The Balaban J connectivity index is 1.56. The van der Waals surface area contributed by atoms with Gasteiger partial charge < -0.3 is 4.74 Å². The van der Waals surface area contributed by atoms with Crippen LogP contribution in [0.3, 0.4) is 0 Å². The number of amides is 1. The molecule has 1 saturated heterocycles. The van der Waals surface area contributed by atoms with Gasteiger partial charge >= 0.3 is 6.18 Å². The molecule has 0 saturated carbocycles. The molecule has 1 aromatic carbocycles. The Morgan fingerprint density at radius 2 is 2.00 bits per heavy atom. The molecule has 0 spiro atoms. The monoisotopic (exact) mass is 451 g/mol. The van der Waals surface area contributed by atoms with Crippen LogP contribution in [0.1, 0.15) is 27.3 Å². The third kappa shape index (κ3) is 4.78. The van der Waals surface area contributed by atoms with Gasteiger partial charge in [0, 0.05) is 25.0 Å². The highest BCUT2D eigenvalue weighted by Gasteiger charge is 2.41. The van der Waals surface area contributed by atoms with Crippen LogP contribution in [0, 0.1) is 6.92 Å². The van der Waals surface area contributed by atoms with Gasteiger partial charge in [-0.15, -0.1) is 11.3 Å². The van der Waals surface area contributed by atoms with Crippen LogP contribution >= 0.6 is 11.3 Å². The molecule has 0 aliphatic carbocycles. The van der Waals surface area contributed by atoms with Crippen molar-refractivity contribution in [3.05, 3.63) is 58.4 Å². The van der Waals surface area contributed by atoms with Crippen LogP contribution in [-0.2, 0) is 17.5 Å². The molecule has 0 unspecified atom stereocenters. The van der Waals surface area contributed by atoms with E-state index in [1.165, 1.54) is 17.4 Å². The van der Waals surface area contributed by atoms with E-state index in [2.05, 4.69) is 20.3 Å². The molecule has 3 heterocycles. The highest BCUT2D eigenvalue weighted by atomic mass is 32.1. The van der Waals surface area contributed by atoms with E-state index in [0.29, 0.717) is 25.3 Å². The Kier molecular flexibility index (Phi) is 6.08. The highest BCUT2D eigenvalue weighted by molar-refractivity contribution is 7.14. The van der Waals surface area contributed by atoms with E-state index in [4.69, 9.17) is 4.74 Å². The number of morpholine rings is 1. The van der Waals surface area contributed by atoms with E-state index in [1.54, 1.807) is 30.5 Å². The van der Waals surface area contributed by atoms with Crippen LogP contribution in [0.4, 0.5) is 18.3 Å². The van der Waals surface area contributed by atoms with Crippen molar-refractivity contribution in [1.29, 1.82) is 0 Å². The molecule has 0 radical (unpaired) electrons. The number of rotatable bonds is 5. The van der Waals surface area contributed by atoms with Crippen molar-refractivity contribution in [2.75, 3.05) is 31.6 Å². The summed E-state index contributed by atoms with van der Waals surface area (Å²) in [6.07, 6.45) is -3.83. The van der Waals surface area contributed by atoms with E-state index in [1.807, 2.05) is 0 Å². The summed E-state index contributed by atoms with van der Waals surface area (Å²) in [6, 6.07) is 6.55. The molecular formula is C20H20F3N5O2S. The predicted molar refractivity (Wildman–Crippen MR) is 109 cm³/mol. The molecule has 1 aliphatic rings. The maximum atomic E-state index is 13.9. The summed E-state index contributed by atoms with van der Waals surface area (Å²) in [7, 11) is 0. The molecule has 1 aliphatic heterocycles. The number of alkyl halides is 3. The Labute approximate surface area is 180 Å². The average molecular weight is 451 g/mol. The van der Waals surface area contributed by atoms with E-state index < -0.39 is 23.3 Å². The zero-order valence-electron chi connectivity index (χ0n) is 16.6. The first-order valence-corrected chi connectivity index (χ1v) is 10.5. The number of carbonyl (C=O) groups is 1. The quantitative estimate of drug-likeness (QED) is 0.640. The zero-order valence-corrected chi connectivity index (χ0v) is 17.5. The number of thiazole rings is 1. The Bertz CT molecular complexity index is 1070. The molecule has 3 aromatic rings. The maximum absolute atomic E-state index is 13.9. The van der Waals surface area contributed by atoms with Gasteiger partial charge in [-0.2, -0.15) is 18.3 Å². The Morgan fingerprint density at radius 3 is 2.71 bits per heavy atom. The van der Waals surface area contributed by atoms with Gasteiger partial charge in [0.15, 0.2) is 10.8 Å². The molecule has 164 valence electrons. The second-order valence-electron chi connectivity index (χ2n) is 7.09. The molecule has 0 atom stereocenters. The number of nitrogens with one attached hydrogen (secondary N) is 1. The molecule has 31 heavy (non-hydrogen) atoms. The highest BCUT2D eigenvalue weighted by Crippen LogP contribution is 2.34. The van der Waals surface area contributed by atoms with E-state index >= 15 is 0 Å². The van der Waals surface area contributed by atoms with Gasteiger partial charge in [-0.1, -0.05) is 18.2 Å². The minimum absolute atomic E-state index is 0.241.